The Morgan fingerprint density at radius 3 is 2.88 bits per heavy atom. The average Bonchev–Trinajstić information content (AvgIpc) is 2.94. The Labute approximate surface area is 142 Å². The zero-order valence-corrected chi connectivity index (χ0v) is 14.5. The van der Waals surface area contributed by atoms with Gasteiger partial charge < -0.3 is 9.80 Å². The second-order valence-corrected chi connectivity index (χ2v) is 6.43. The Morgan fingerprint density at radius 2 is 2.21 bits per heavy atom. The minimum atomic E-state index is 0.120. The molecule has 1 amide bonds. The highest BCUT2D eigenvalue weighted by atomic mass is 16.2. The largest absolute Gasteiger partial charge is 0.349 e. The van der Waals surface area contributed by atoms with Crippen molar-refractivity contribution >= 4 is 11.7 Å². The number of likely N-dealkylation sites (N-methyl/N-ethyl adjacent to an activating group) is 1. The number of hydrogen-bond acceptors (Lipinski definition) is 5. The summed E-state index contributed by atoms with van der Waals surface area (Å²) in [7, 11) is 1.87. The summed E-state index contributed by atoms with van der Waals surface area (Å²) in [5, 5.41) is 4.59. The van der Waals surface area contributed by atoms with Crippen LogP contribution in [0.1, 0.15) is 30.3 Å². The Bertz CT molecular complexity index is 698. The number of nitrogens with zero attached hydrogens (tertiary/aromatic N) is 6. The van der Waals surface area contributed by atoms with Gasteiger partial charge in [-0.3, -0.25) is 14.5 Å². The summed E-state index contributed by atoms with van der Waals surface area (Å²) in [6.45, 7) is 5.91. The van der Waals surface area contributed by atoms with Crippen LogP contribution in [0, 0.1) is 13.8 Å². The molecule has 0 aromatic carbocycles. The van der Waals surface area contributed by atoms with E-state index in [1.165, 1.54) is 0 Å². The number of likely N-dealkylation sites (tertiary alicyclic amines) is 1. The lowest BCUT2D eigenvalue weighted by Gasteiger charge is -2.34. The Morgan fingerprint density at radius 1 is 1.38 bits per heavy atom. The number of rotatable bonds is 4. The van der Waals surface area contributed by atoms with Crippen LogP contribution >= 0.6 is 0 Å². The Balaban J connectivity index is 1.64. The van der Waals surface area contributed by atoms with Crippen LogP contribution in [0.25, 0.3) is 0 Å². The molecule has 0 spiro atoms. The van der Waals surface area contributed by atoms with E-state index in [0.29, 0.717) is 12.4 Å². The standard InChI is InChI=1S/C17H24N6O/c1-13-9-14(2)23(20-13)15-5-4-8-22(11-15)17(24)12-21(3)16-10-18-6-7-19-16/h6-7,9-10,15H,4-5,8,11-12H2,1-3H3/t15-/m0/s1. The third-order valence-corrected chi connectivity index (χ3v) is 4.45. The molecule has 1 saturated heterocycles. The van der Waals surface area contributed by atoms with Gasteiger partial charge in [-0.2, -0.15) is 5.10 Å². The van der Waals surface area contributed by atoms with Crippen molar-refractivity contribution in [1.29, 1.82) is 0 Å². The van der Waals surface area contributed by atoms with Gasteiger partial charge in [0.1, 0.15) is 5.82 Å². The summed E-state index contributed by atoms with van der Waals surface area (Å²) >= 11 is 0. The minimum absolute atomic E-state index is 0.120. The molecule has 0 saturated carbocycles. The van der Waals surface area contributed by atoms with Gasteiger partial charge in [-0.05, 0) is 32.8 Å². The molecule has 0 aliphatic carbocycles. The maximum atomic E-state index is 12.7. The molecule has 0 bridgehead atoms. The fourth-order valence-electron chi connectivity index (χ4n) is 3.27. The fourth-order valence-corrected chi connectivity index (χ4v) is 3.27. The van der Waals surface area contributed by atoms with Gasteiger partial charge in [-0.25, -0.2) is 4.98 Å². The molecule has 3 rings (SSSR count). The van der Waals surface area contributed by atoms with Crippen LogP contribution in [0.3, 0.4) is 0 Å². The quantitative estimate of drug-likeness (QED) is 0.852. The van der Waals surface area contributed by atoms with Crippen molar-refractivity contribution in [3.8, 4) is 0 Å². The van der Waals surface area contributed by atoms with Gasteiger partial charge in [-0.1, -0.05) is 0 Å². The van der Waals surface area contributed by atoms with Crippen LogP contribution in [-0.4, -0.2) is 57.2 Å². The van der Waals surface area contributed by atoms with Gasteiger partial charge >= 0.3 is 0 Å². The van der Waals surface area contributed by atoms with Gasteiger partial charge in [0.05, 0.1) is 24.5 Å². The van der Waals surface area contributed by atoms with E-state index in [1.807, 2.05) is 23.8 Å². The predicted octanol–water partition coefficient (Wildman–Crippen LogP) is 1.59. The highest BCUT2D eigenvalue weighted by molar-refractivity contribution is 5.81. The monoisotopic (exact) mass is 328 g/mol. The molecule has 1 aliphatic heterocycles. The predicted molar refractivity (Wildman–Crippen MR) is 91.9 cm³/mol. The number of carbonyl (C=O) groups excluding carboxylic acids is 1. The number of anilines is 1. The summed E-state index contributed by atoms with van der Waals surface area (Å²) < 4.78 is 2.07. The molecule has 7 heteroatoms. The van der Waals surface area contributed by atoms with Gasteiger partial charge in [-0.15, -0.1) is 0 Å². The van der Waals surface area contributed by atoms with Gasteiger partial charge in [0.15, 0.2) is 0 Å². The summed E-state index contributed by atoms with van der Waals surface area (Å²) in [5.41, 5.74) is 2.18. The summed E-state index contributed by atoms with van der Waals surface area (Å²) in [6.07, 6.45) is 7.00. The van der Waals surface area contributed by atoms with Crippen LogP contribution in [0.4, 0.5) is 5.82 Å². The minimum Gasteiger partial charge on any atom is -0.349 e. The van der Waals surface area contributed by atoms with Crippen LogP contribution in [0.2, 0.25) is 0 Å². The van der Waals surface area contributed by atoms with E-state index in [9.17, 15) is 4.79 Å². The lowest BCUT2D eigenvalue weighted by molar-refractivity contribution is -0.131. The molecule has 1 aliphatic rings. The number of amides is 1. The summed E-state index contributed by atoms with van der Waals surface area (Å²) in [6, 6.07) is 2.35. The number of aromatic nitrogens is 4. The smallest absolute Gasteiger partial charge is 0.242 e. The lowest BCUT2D eigenvalue weighted by atomic mass is 10.1. The van der Waals surface area contributed by atoms with Crippen molar-refractivity contribution < 1.29 is 4.79 Å². The molecule has 2 aromatic rings. The maximum absolute atomic E-state index is 12.7. The first kappa shape index (κ1) is 16.4. The van der Waals surface area contributed by atoms with Crippen molar-refractivity contribution in [2.45, 2.75) is 32.7 Å². The Kier molecular flexibility index (Phi) is 4.78. The summed E-state index contributed by atoms with van der Waals surface area (Å²) in [5.74, 6) is 0.826. The van der Waals surface area contributed by atoms with Crippen molar-refractivity contribution in [3.05, 3.63) is 36.0 Å². The molecule has 0 N–H and O–H groups in total. The van der Waals surface area contributed by atoms with E-state index < -0.39 is 0 Å². The SMILES string of the molecule is Cc1cc(C)n([C@H]2CCCN(C(=O)CN(C)c3cnccn3)C2)n1. The van der Waals surface area contributed by atoms with E-state index in [1.54, 1.807) is 18.6 Å². The molecule has 7 nitrogen and oxygen atoms in total. The molecule has 24 heavy (non-hydrogen) atoms. The molecule has 0 unspecified atom stereocenters. The molecule has 1 fully saturated rings. The molecular weight excluding hydrogens is 304 g/mol. The topological polar surface area (TPSA) is 67.2 Å². The zero-order valence-electron chi connectivity index (χ0n) is 14.5. The van der Waals surface area contributed by atoms with Crippen molar-refractivity contribution in [2.75, 3.05) is 31.6 Å². The van der Waals surface area contributed by atoms with Crippen LogP contribution < -0.4 is 4.90 Å². The van der Waals surface area contributed by atoms with E-state index in [0.717, 1.165) is 37.3 Å². The van der Waals surface area contributed by atoms with E-state index in [-0.39, 0.29) is 11.9 Å². The van der Waals surface area contributed by atoms with E-state index in [4.69, 9.17) is 0 Å². The van der Waals surface area contributed by atoms with Crippen molar-refractivity contribution in [1.82, 2.24) is 24.6 Å². The van der Waals surface area contributed by atoms with Crippen molar-refractivity contribution in [2.24, 2.45) is 0 Å². The number of aryl methyl sites for hydroxylation is 2. The zero-order chi connectivity index (χ0) is 17.1. The van der Waals surface area contributed by atoms with Gasteiger partial charge in [0.2, 0.25) is 5.91 Å². The first-order valence-corrected chi connectivity index (χ1v) is 8.32. The highest BCUT2D eigenvalue weighted by Crippen LogP contribution is 2.23. The number of hydrogen-bond donors (Lipinski definition) is 0. The first-order valence-electron chi connectivity index (χ1n) is 8.32. The lowest BCUT2D eigenvalue weighted by Crippen LogP contribution is -2.45. The average molecular weight is 328 g/mol. The van der Waals surface area contributed by atoms with Crippen molar-refractivity contribution in [3.63, 3.8) is 0 Å². The van der Waals surface area contributed by atoms with Gasteiger partial charge in [0.25, 0.3) is 0 Å². The summed E-state index contributed by atoms with van der Waals surface area (Å²) in [4.78, 5) is 24.7. The number of piperidine rings is 1. The molecular formula is C17H24N6O. The first-order chi connectivity index (χ1) is 11.5. The Hall–Kier alpha value is -2.44. The molecule has 2 aromatic heterocycles. The maximum Gasteiger partial charge on any atom is 0.242 e. The van der Waals surface area contributed by atoms with E-state index in [2.05, 4.69) is 32.7 Å². The molecule has 3 heterocycles. The normalized spacial score (nSPS) is 17.8. The van der Waals surface area contributed by atoms with Crippen LogP contribution in [0.15, 0.2) is 24.7 Å². The highest BCUT2D eigenvalue weighted by Gasteiger charge is 2.26. The van der Waals surface area contributed by atoms with E-state index >= 15 is 0 Å². The second kappa shape index (κ2) is 6.98. The third-order valence-electron chi connectivity index (χ3n) is 4.45. The van der Waals surface area contributed by atoms with Gasteiger partial charge in [0, 0.05) is 38.2 Å². The molecule has 0 radical (unpaired) electrons. The molecule has 128 valence electrons. The van der Waals surface area contributed by atoms with Crippen LogP contribution in [0.5, 0.6) is 0 Å². The third kappa shape index (κ3) is 3.55. The second-order valence-electron chi connectivity index (χ2n) is 6.43. The molecule has 1 atom stereocenters. The fraction of sp³-hybridized carbons (Fsp3) is 0.529. The van der Waals surface area contributed by atoms with Crippen LogP contribution in [-0.2, 0) is 4.79 Å². The number of carbonyl (C=O) groups is 1.